The van der Waals surface area contributed by atoms with Crippen molar-refractivity contribution in [3.8, 4) is 0 Å². The highest BCUT2D eigenvalue weighted by Crippen LogP contribution is 2.21. The lowest BCUT2D eigenvalue weighted by molar-refractivity contribution is -0.135. The SMILES string of the molecule is Cc1cccc(NC(=O)CN(CC2CCCO2)C(=O)Cc2c[nH]c3ccccc23)c1C. The van der Waals surface area contributed by atoms with Crippen molar-refractivity contribution < 1.29 is 14.3 Å². The molecule has 1 aromatic heterocycles. The number of anilines is 1. The lowest BCUT2D eigenvalue weighted by atomic mass is 10.1. The quantitative estimate of drug-likeness (QED) is 0.608. The molecule has 6 heteroatoms. The predicted octanol–water partition coefficient (Wildman–Crippen LogP) is 3.97. The fourth-order valence-electron chi connectivity index (χ4n) is 4.09. The molecule has 1 unspecified atom stereocenters. The van der Waals surface area contributed by atoms with Crippen LogP contribution in [-0.4, -0.2) is 47.5 Å². The summed E-state index contributed by atoms with van der Waals surface area (Å²) in [7, 11) is 0. The average molecular weight is 420 g/mol. The molecule has 0 bridgehead atoms. The minimum absolute atomic E-state index is 0.00836. The van der Waals surface area contributed by atoms with E-state index in [9.17, 15) is 9.59 Å². The Labute approximate surface area is 182 Å². The second-order valence-corrected chi connectivity index (χ2v) is 8.24. The van der Waals surface area contributed by atoms with E-state index in [1.807, 2.05) is 62.5 Å². The van der Waals surface area contributed by atoms with Gasteiger partial charge in [-0.3, -0.25) is 9.59 Å². The van der Waals surface area contributed by atoms with E-state index in [1.165, 1.54) is 0 Å². The van der Waals surface area contributed by atoms with Gasteiger partial charge in [-0.25, -0.2) is 0 Å². The van der Waals surface area contributed by atoms with Gasteiger partial charge in [0, 0.05) is 35.9 Å². The van der Waals surface area contributed by atoms with Crippen molar-refractivity contribution in [1.29, 1.82) is 0 Å². The van der Waals surface area contributed by atoms with Crippen molar-refractivity contribution in [2.45, 2.75) is 39.2 Å². The molecule has 6 nitrogen and oxygen atoms in total. The number of ether oxygens (including phenoxy) is 1. The van der Waals surface area contributed by atoms with E-state index >= 15 is 0 Å². The summed E-state index contributed by atoms with van der Waals surface area (Å²) in [6, 6.07) is 13.7. The van der Waals surface area contributed by atoms with Crippen LogP contribution in [0.3, 0.4) is 0 Å². The number of aromatic amines is 1. The molecule has 1 aliphatic rings. The van der Waals surface area contributed by atoms with Gasteiger partial charge >= 0.3 is 0 Å². The molecule has 0 aliphatic carbocycles. The van der Waals surface area contributed by atoms with E-state index in [2.05, 4.69) is 10.3 Å². The van der Waals surface area contributed by atoms with Gasteiger partial charge in [-0.15, -0.1) is 0 Å². The van der Waals surface area contributed by atoms with Crippen LogP contribution in [0.5, 0.6) is 0 Å². The van der Waals surface area contributed by atoms with Crippen LogP contribution >= 0.6 is 0 Å². The minimum Gasteiger partial charge on any atom is -0.376 e. The maximum Gasteiger partial charge on any atom is 0.244 e. The standard InChI is InChI=1S/C25H29N3O3/c1-17-7-5-11-22(18(17)2)27-24(29)16-28(15-20-8-6-12-31-20)25(30)13-19-14-26-23-10-4-3-9-21(19)23/h3-5,7,9-11,14,20,26H,6,8,12-13,15-16H2,1-2H3,(H,27,29). The van der Waals surface area contributed by atoms with Gasteiger partial charge in [-0.1, -0.05) is 30.3 Å². The summed E-state index contributed by atoms with van der Waals surface area (Å²) >= 11 is 0. The predicted molar refractivity (Wildman–Crippen MR) is 122 cm³/mol. The summed E-state index contributed by atoms with van der Waals surface area (Å²) in [5.74, 6) is -0.268. The van der Waals surface area contributed by atoms with Gasteiger partial charge in [0.05, 0.1) is 19.1 Å². The molecule has 1 atom stereocenters. The Hall–Kier alpha value is -3.12. The first-order chi connectivity index (χ1) is 15.0. The maximum absolute atomic E-state index is 13.2. The third-order valence-electron chi connectivity index (χ3n) is 6.03. The second kappa shape index (κ2) is 9.35. The van der Waals surface area contributed by atoms with Crippen molar-refractivity contribution in [3.05, 3.63) is 65.4 Å². The first-order valence-corrected chi connectivity index (χ1v) is 10.8. The molecule has 1 fully saturated rings. The average Bonchev–Trinajstić information content (AvgIpc) is 3.41. The Morgan fingerprint density at radius 3 is 2.81 bits per heavy atom. The van der Waals surface area contributed by atoms with Crippen molar-refractivity contribution >= 4 is 28.4 Å². The molecular formula is C25H29N3O3. The number of aryl methyl sites for hydroxylation is 1. The van der Waals surface area contributed by atoms with Crippen LogP contribution in [0.4, 0.5) is 5.69 Å². The molecule has 2 N–H and O–H groups in total. The smallest absolute Gasteiger partial charge is 0.244 e. The number of carbonyl (C=O) groups is 2. The fraction of sp³-hybridized carbons (Fsp3) is 0.360. The topological polar surface area (TPSA) is 74.4 Å². The van der Waals surface area contributed by atoms with E-state index < -0.39 is 0 Å². The third kappa shape index (κ3) is 4.97. The van der Waals surface area contributed by atoms with Crippen LogP contribution in [0.2, 0.25) is 0 Å². The number of hydrogen-bond acceptors (Lipinski definition) is 3. The zero-order valence-corrected chi connectivity index (χ0v) is 18.1. The lowest BCUT2D eigenvalue weighted by Crippen LogP contribution is -2.43. The summed E-state index contributed by atoms with van der Waals surface area (Å²) in [5, 5.41) is 4.00. The molecule has 2 heterocycles. The molecule has 162 valence electrons. The molecule has 31 heavy (non-hydrogen) atoms. The van der Waals surface area contributed by atoms with Crippen molar-refractivity contribution in [3.63, 3.8) is 0 Å². The summed E-state index contributed by atoms with van der Waals surface area (Å²) in [5.41, 5.74) is 4.87. The maximum atomic E-state index is 13.2. The van der Waals surface area contributed by atoms with Crippen LogP contribution < -0.4 is 5.32 Å². The number of nitrogens with zero attached hydrogens (tertiary/aromatic N) is 1. The number of rotatable bonds is 7. The molecule has 0 radical (unpaired) electrons. The van der Waals surface area contributed by atoms with Crippen LogP contribution in [0.1, 0.15) is 29.5 Å². The zero-order chi connectivity index (χ0) is 21.8. The molecule has 2 amide bonds. The van der Waals surface area contributed by atoms with Gasteiger partial charge in [0.2, 0.25) is 11.8 Å². The molecule has 0 spiro atoms. The number of hydrogen-bond donors (Lipinski definition) is 2. The monoisotopic (exact) mass is 419 g/mol. The van der Waals surface area contributed by atoms with Gasteiger partial charge in [-0.05, 0) is 55.5 Å². The summed E-state index contributed by atoms with van der Waals surface area (Å²) in [6.07, 6.45) is 4.01. The van der Waals surface area contributed by atoms with Gasteiger partial charge in [0.15, 0.2) is 0 Å². The van der Waals surface area contributed by atoms with Crippen LogP contribution in [-0.2, 0) is 20.7 Å². The number of amides is 2. The first kappa shape index (κ1) is 21.1. The number of para-hydroxylation sites is 1. The fourth-order valence-corrected chi connectivity index (χ4v) is 4.09. The number of aromatic nitrogens is 1. The number of nitrogens with one attached hydrogen (secondary N) is 2. The summed E-state index contributed by atoms with van der Waals surface area (Å²) in [4.78, 5) is 30.9. The molecule has 2 aromatic carbocycles. The first-order valence-electron chi connectivity index (χ1n) is 10.8. The second-order valence-electron chi connectivity index (χ2n) is 8.24. The number of H-pyrrole nitrogens is 1. The highest BCUT2D eigenvalue weighted by atomic mass is 16.5. The van der Waals surface area contributed by atoms with Crippen molar-refractivity contribution in [2.75, 3.05) is 25.0 Å². The van der Waals surface area contributed by atoms with Crippen LogP contribution in [0.25, 0.3) is 10.9 Å². The van der Waals surface area contributed by atoms with E-state index in [0.717, 1.165) is 46.1 Å². The Morgan fingerprint density at radius 1 is 1.16 bits per heavy atom. The largest absolute Gasteiger partial charge is 0.376 e. The Morgan fingerprint density at radius 2 is 2.00 bits per heavy atom. The van der Waals surface area contributed by atoms with Gasteiger partial charge in [-0.2, -0.15) is 0 Å². The highest BCUT2D eigenvalue weighted by Gasteiger charge is 2.25. The number of carbonyl (C=O) groups excluding carboxylic acids is 2. The zero-order valence-electron chi connectivity index (χ0n) is 18.1. The Balaban J connectivity index is 1.48. The number of fused-ring (bicyclic) bond motifs is 1. The third-order valence-corrected chi connectivity index (χ3v) is 6.03. The van der Waals surface area contributed by atoms with E-state index in [0.29, 0.717) is 13.2 Å². The number of benzene rings is 2. The van der Waals surface area contributed by atoms with Crippen molar-refractivity contribution in [2.24, 2.45) is 0 Å². The van der Waals surface area contributed by atoms with E-state index in [-0.39, 0.29) is 30.9 Å². The van der Waals surface area contributed by atoms with Crippen molar-refractivity contribution in [1.82, 2.24) is 9.88 Å². The minimum atomic E-state index is -0.195. The lowest BCUT2D eigenvalue weighted by Gasteiger charge is -2.25. The normalized spacial score (nSPS) is 15.9. The van der Waals surface area contributed by atoms with Gasteiger partial charge in [0.25, 0.3) is 0 Å². The molecule has 1 saturated heterocycles. The van der Waals surface area contributed by atoms with E-state index in [4.69, 9.17) is 4.74 Å². The highest BCUT2D eigenvalue weighted by molar-refractivity contribution is 5.96. The van der Waals surface area contributed by atoms with E-state index in [1.54, 1.807) is 4.90 Å². The Kier molecular flexibility index (Phi) is 6.37. The molecule has 1 aliphatic heterocycles. The molecule has 3 aromatic rings. The summed E-state index contributed by atoms with van der Waals surface area (Å²) < 4.78 is 5.74. The van der Waals surface area contributed by atoms with Gasteiger partial charge < -0.3 is 19.9 Å². The molecular weight excluding hydrogens is 390 g/mol. The molecule has 4 rings (SSSR count). The van der Waals surface area contributed by atoms with Crippen LogP contribution in [0, 0.1) is 13.8 Å². The summed E-state index contributed by atoms with van der Waals surface area (Å²) in [6.45, 7) is 5.15. The van der Waals surface area contributed by atoms with Crippen LogP contribution in [0.15, 0.2) is 48.7 Å². The Bertz CT molecular complexity index is 1080. The van der Waals surface area contributed by atoms with Gasteiger partial charge in [0.1, 0.15) is 0 Å². The molecule has 0 saturated carbocycles.